The van der Waals surface area contributed by atoms with Crippen LogP contribution in [0.3, 0.4) is 0 Å². The lowest BCUT2D eigenvalue weighted by Crippen LogP contribution is -2.37. The maximum absolute atomic E-state index is 6.93. The van der Waals surface area contributed by atoms with Crippen molar-refractivity contribution in [1.29, 1.82) is 0 Å². The summed E-state index contributed by atoms with van der Waals surface area (Å²) in [6.07, 6.45) is 9.03. The third-order valence-electron chi connectivity index (χ3n) is 7.85. The van der Waals surface area contributed by atoms with Gasteiger partial charge in [0, 0.05) is 12.4 Å². The van der Waals surface area contributed by atoms with Crippen molar-refractivity contribution in [3.05, 3.63) is 23.8 Å². The Morgan fingerprint density at radius 2 is 1.65 bits per heavy atom. The summed E-state index contributed by atoms with van der Waals surface area (Å²) in [6.45, 7) is 13.9. The van der Waals surface area contributed by atoms with E-state index in [1.807, 2.05) is 6.20 Å². The van der Waals surface area contributed by atoms with Gasteiger partial charge in [0.1, 0.15) is 0 Å². The van der Waals surface area contributed by atoms with Crippen LogP contribution in [0, 0.1) is 30.1 Å². The van der Waals surface area contributed by atoms with E-state index in [9.17, 15) is 0 Å². The highest BCUT2D eigenvalue weighted by molar-refractivity contribution is 6.73. The van der Waals surface area contributed by atoms with Crippen LogP contribution in [0.25, 0.3) is 0 Å². The fraction of sp³-hybridized carbons (Fsp3) is 0.818. The zero-order chi connectivity index (χ0) is 18.9. The van der Waals surface area contributed by atoms with Crippen LogP contribution in [0.15, 0.2) is 12.4 Å². The average Bonchev–Trinajstić information content (AvgIpc) is 2.99. The summed E-state index contributed by atoms with van der Waals surface area (Å²) in [7, 11) is -1.66. The van der Waals surface area contributed by atoms with Crippen LogP contribution >= 0.6 is 0 Å². The number of aromatic nitrogens is 2. The molecule has 2 saturated carbocycles. The minimum atomic E-state index is -1.66. The SMILES string of the molecule is CC[Si](CC)(CC)OC(CCC1C[C@@H]2[C@H](C1)C2(C)C)c1nccnc1C. The molecule has 0 spiro atoms. The smallest absolute Gasteiger partial charge is 0.192 e. The van der Waals surface area contributed by atoms with Crippen molar-refractivity contribution in [2.75, 3.05) is 0 Å². The van der Waals surface area contributed by atoms with E-state index in [1.165, 1.54) is 37.4 Å². The van der Waals surface area contributed by atoms with Crippen LogP contribution in [-0.4, -0.2) is 18.3 Å². The van der Waals surface area contributed by atoms with Gasteiger partial charge in [-0.25, -0.2) is 0 Å². The van der Waals surface area contributed by atoms with Gasteiger partial charge >= 0.3 is 0 Å². The van der Waals surface area contributed by atoms with Crippen LogP contribution in [0.4, 0.5) is 0 Å². The van der Waals surface area contributed by atoms with Crippen LogP contribution < -0.4 is 0 Å². The highest BCUT2D eigenvalue weighted by atomic mass is 28.4. The molecule has 2 aliphatic carbocycles. The van der Waals surface area contributed by atoms with Gasteiger partial charge in [-0.3, -0.25) is 9.97 Å². The van der Waals surface area contributed by atoms with Crippen molar-refractivity contribution >= 4 is 8.32 Å². The molecule has 1 aromatic heterocycles. The fourth-order valence-corrected chi connectivity index (χ4v) is 8.35. The van der Waals surface area contributed by atoms with Gasteiger partial charge in [0.25, 0.3) is 0 Å². The van der Waals surface area contributed by atoms with Crippen molar-refractivity contribution in [2.24, 2.45) is 23.2 Å². The Hall–Kier alpha value is -0.743. The van der Waals surface area contributed by atoms with E-state index in [1.54, 1.807) is 6.20 Å². The monoisotopic (exact) mass is 374 g/mol. The van der Waals surface area contributed by atoms with E-state index in [-0.39, 0.29) is 6.10 Å². The van der Waals surface area contributed by atoms with Crippen molar-refractivity contribution in [3.8, 4) is 0 Å². The summed E-state index contributed by atoms with van der Waals surface area (Å²) in [5.74, 6) is 2.86. The van der Waals surface area contributed by atoms with E-state index < -0.39 is 8.32 Å². The molecule has 0 saturated heterocycles. The first kappa shape index (κ1) is 20.0. The maximum atomic E-state index is 6.93. The normalized spacial score (nSPS) is 28.0. The van der Waals surface area contributed by atoms with E-state index in [0.717, 1.165) is 35.6 Å². The molecule has 3 rings (SSSR count). The standard InChI is InChI=1S/C22H38N2OSi/c1-7-26(8-2,9-3)25-20(21-16(4)23-12-13-24-21)11-10-17-14-18-19(15-17)22(18,5)6/h12-13,17-20H,7-11,14-15H2,1-6H3/t17?,18-,19+,20?. The van der Waals surface area contributed by atoms with Crippen molar-refractivity contribution in [1.82, 2.24) is 9.97 Å². The summed E-state index contributed by atoms with van der Waals surface area (Å²) < 4.78 is 6.93. The zero-order valence-electron chi connectivity index (χ0n) is 17.7. The van der Waals surface area contributed by atoms with Crippen molar-refractivity contribution < 1.29 is 4.43 Å². The first-order chi connectivity index (χ1) is 12.4. The third-order valence-corrected chi connectivity index (χ3v) is 12.5. The molecule has 1 heterocycles. The summed E-state index contributed by atoms with van der Waals surface area (Å²) in [6, 6.07) is 3.58. The van der Waals surface area contributed by atoms with E-state index in [4.69, 9.17) is 9.41 Å². The molecule has 0 amide bonds. The van der Waals surface area contributed by atoms with Gasteiger partial charge in [-0.1, -0.05) is 34.6 Å². The van der Waals surface area contributed by atoms with E-state index in [0.29, 0.717) is 5.41 Å². The molecule has 26 heavy (non-hydrogen) atoms. The quantitative estimate of drug-likeness (QED) is 0.475. The first-order valence-corrected chi connectivity index (χ1v) is 13.3. The highest BCUT2D eigenvalue weighted by Crippen LogP contribution is 2.68. The van der Waals surface area contributed by atoms with Crippen molar-refractivity contribution in [3.63, 3.8) is 0 Å². The molecule has 146 valence electrons. The number of hydrogen-bond donors (Lipinski definition) is 0. The minimum Gasteiger partial charge on any atom is -0.408 e. The Morgan fingerprint density at radius 1 is 1.08 bits per heavy atom. The summed E-state index contributed by atoms with van der Waals surface area (Å²) >= 11 is 0. The van der Waals surface area contributed by atoms with Gasteiger partial charge in [-0.05, 0) is 73.9 Å². The third kappa shape index (κ3) is 3.77. The average molecular weight is 375 g/mol. The van der Waals surface area contributed by atoms with Crippen LogP contribution in [0.5, 0.6) is 0 Å². The van der Waals surface area contributed by atoms with E-state index in [2.05, 4.69) is 46.5 Å². The number of nitrogens with zero attached hydrogens (tertiary/aromatic N) is 2. The zero-order valence-corrected chi connectivity index (χ0v) is 18.7. The molecule has 4 heteroatoms. The van der Waals surface area contributed by atoms with Gasteiger partial charge in [-0.2, -0.15) is 0 Å². The second-order valence-electron chi connectivity index (χ2n) is 9.33. The molecule has 0 radical (unpaired) electrons. The van der Waals surface area contributed by atoms with Gasteiger partial charge in [0.15, 0.2) is 8.32 Å². The number of aryl methyl sites for hydroxylation is 1. The number of rotatable bonds is 9. The molecule has 0 bridgehead atoms. The molecule has 0 aromatic carbocycles. The highest BCUT2D eigenvalue weighted by Gasteiger charge is 2.61. The lowest BCUT2D eigenvalue weighted by molar-refractivity contribution is 0.160. The molecular weight excluding hydrogens is 336 g/mol. The van der Waals surface area contributed by atoms with Gasteiger partial charge in [0.2, 0.25) is 0 Å². The second kappa shape index (κ2) is 7.71. The molecule has 4 atom stereocenters. The summed E-state index contributed by atoms with van der Waals surface area (Å²) in [4.78, 5) is 9.19. The minimum absolute atomic E-state index is 0.139. The van der Waals surface area contributed by atoms with Crippen LogP contribution in [0.2, 0.25) is 18.1 Å². The molecule has 2 aliphatic rings. The van der Waals surface area contributed by atoms with Crippen LogP contribution in [0.1, 0.15) is 77.8 Å². The lowest BCUT2D eigenvalue weighted by Gasteiger charge is -2.34. The maximum Gasteiger partial charge on any atom is 0.192 e. The molecular formula is C22H38N2OSi. The molecule has 1 aromatic rings. The number of fused-ring (bicyclic) bond motifs is 1. The largest absolute Gasteiger partial charge is 0.408 e. The second-order valence-corrected chi connectivity index (χ2v) is 14.0. The summed E-state index contributed by atoms with van der Waals surface area (Å²) in [5, 5.41) is 0. The Balaban J connectivity index is 1.69. The van der Waals surface area contributed by atoms with Gasteiger partial charge in [-0.15, -0.1) is 0 Å². The Labute approximate surface area is 161 Å². The van der Waals surface area contributed by atoms with Crippen LogP contribution in [-0.2, 0) is 4.43 Å². The Bertz CT molecular complexity index is 592. The molecule has 0 aliphatic heterocycles. The predicted molar refractivity (Wildman–Crippen MR) is 111 cm³/mol. The first-order valence-electron chi connectivity index (χ1n) is 10.8. The number of hydrogen-bond acceptors (Lipinski definition) is 3. The molecule has 0 N–H and O–H groups in total. The Kier molecular flexibility index (Phi) is 5.93. The Morgan fingerprint density at radius 3 is 2.19 bits per heavy atom. The van der Waals surface area contributed by atoms with Gasteiger partial charge < -0.3 is 4.43 Å². The fourth-order valence-electron chi connectivity index (χ4n) is 5.52. The predicted octanol–water partition coefficient (Wildman–Crippen LogP) is 6.31. The van der Waals surface area contributed by atoms with Crippen molar-refractivity contribution in [2.45, 2.75) is 91.5 Å². The molecule has 2 unspecified atom stereocenters. The summed E-state index contributed by atoms with van der Waals surface area (Å²) in [5.41, 5.74) is 2.75. The van der Waals surface area contributed by atoms with E-state index >= 15 is 0 Å². The molecule has 3 nitrogen and oxygen atoms in total. The topological polar surface area (TPSA) is 35.0 Å². The lowest BCUT2D eigenvalue weighted by atomic mass is 9.89. The van der Waals surface area contributed by atoms with Gasteiger partial charge in [0.05, 0.1) is 17.5 Å². The molecule has 2 fully saturated rings.